The third kappa shape index (κ3) is 4.43. The molecule has 0 aliphatic carbocycles. The molecule has 2 aromatic heterocycles. The Hall–Kier alpha value is -2.85. The zero-order chi connectivity index (χ0) is 21.1. The number of benzene rings is 1. The van der Waals surface area contributed by atoms with E-state index in [-0.39, 0.29) is 27.1 Å². The normalized spacial score (nSPS) is 10.8. The number of hydrogen-bond acceptors (Lipinski definition) is 8. The zero-order valence-corrected chi connectivity index (χ0v) is 17.9. The van der Waals surface area contributed by atoms with Crippen LogP contribution in [0.3, 0.4) is 0 Å². The number of carbonyl (C=O) groups is 3. The van der Waals surface area contributed by atoms with Crippen molar-refractivity contribution in [1.82, 2.24) is 9.97 Å². The van der Waals surface area contributed by atoms with E-state index in [2.05, 4.69) is 15.3 Å². The molecule has 3 rings (SSSR count). The van der Waals surface area contributed by atoms with Crippen molar-refractivity contribution in [3.8, 4) is 0 Å². The van der Waals surface area contributed by atoms with Gasteiger partial charge >= 0.3 is 11.9 Å². The van der Waals surface area contributed by atoms with Crippen LogP contribution in [0.25, 0.3) is 11.0 Å². The van der Waals surface area contributed by atoms with Crippen LogP contribution < -0.4 is 5.32 Å². The Balaban J connectivity index is 1.75. The van der Waals surface area contributed by atoms with Crippen molar-refractivity contribution in [2.45, 2.75) is 19.0 Å². The third-order valence-corrected chi connectivity index (χ3v) is 6.18. The molecule has 2 heterocycles. The second kappa shape index (κ2) is 8.66. The highest BCUT2D eigenvalue weighted by Gasteiger charge is 2.26. The number of hydrogen-bond donors (Lipinski definition) is 2. The molecule has 1 amide bonds. The number of aromatic amines is 1. The van der Waals surface area contributed by atoms with Gasteiger partial charge in [-0.05, 0) is 37.1 Å². The number of nitrogens with one attached hydrogen (secondary N) is 2. The first-order valence-electron chi connectivity index (χ1n) is 8.53. The summed E-state index contributed by atoms with van der Waals surface area (Å²) in [6.07, 6.45) is 0. The summed E-state index contributed by atoms with van der Waals surface area (Å²) < 4.78 is 9.52. The average Bonchev–Trinajstić information content (AvgIpc) is 3.25. The number of methoxy groups -OCH3 is 2. The van der Waals surface area contributed by atoms with Gasteiger partial charge in [0.05, 0.1) is 36.6 Å². The lowest BCUT2D eigenvalue weighted by Gasteiger charge is -2.05. The standard InChI is InChI=1S/C19H19N3O5S2/c1-9-5-6-11-12(7-9)21-19(20-11)28-8-13(23)22-16-14(17(24)26-3)10(2)15(29-16)18(25)27-4/h5-7H,8H2,1-4H3,(H,20,21)(H,22,23). The molecule has 0 saturated heterocycles. The lowest BCUT2D eigenvalue weighted by molar-refractivity contribution is -0.113. The SMILES string of the molecule is COC(=O)c1sc(NC(=O)CSc2nc3ccc(C)cc3[nH]2)c(C(=O)OC)c1C. The first kappa shape index (κ1) is 20.9. The number of ether oxygens (including phenoxy) is 2. The van der Waals surface area contributed by atoms with Crippen LogP contribution in [0.2, 0.25) is 0 Å². The zero-order valence-electron chi connectivity index (χ0n) is 16.2. The van der Waals surface area contributed by atoms with Crippen molar-refractivity contribution >= 4 is 57.0 Å². The Kier molecular flexibility index (Phi) is 6.23. The van der Waals surface area contributed by atoms with Crippen molar-refractivity contribution < 1.29 is 23.9 Å². The van der Waals surface area contributed by atoms with E-state index in [4.69, 9.17) is 9.47 Å². The lowest BCUT2D eigenvalue weighted by Crippen LogP contribution is -2.16. The molecular formula is C19H19N3O5S2. The fourth-order valence-corrected chi connectivity index (χ4v) is 4.52. The number of carbonyl (C=O) groups excluding carboxylic acids is 3. The van der Waals surface area contributed by atoms with Crippen molar-refractivity contribution in [2.24, 2.45) is 0 Å². The lowest BCUT2D eigenvalue weighted by atomic mass is 10.1. The number of thiophene rings is 1. The third-order valence-electron chi connectivity index (χ3n) is 4.12. The highest BCUT2D eigenvalue weighted by Crippen LogP contribution is 2.34. The monoisotopic (exact) mass is 433 g/mol. The summed E-state index contributed by atoms with van der Waals surface area (Å²) in [5.41, 5.74) is 3.39. The van der Waals surface area contributed by atoms with Crippen molar-refractivity contribution in [3.63, 3.8) is 0 Å². The van der Waals surface area contributed by atoms with Gasteiger partial charge in [-0.25, -0.2) is 14.6 Å². The van der Waals surface area contributed by atoms with Gasteiger partial charge in [0.15, 0.2) is 5.16 Å². The Morgan fingerprint density at radius 3 is 2.59 bits per heavy atom. The minimum absolute atomic E-state index is 0.0733. The maximum atomic E-state index is 12.4. The van der Waals surface area contributed by atoms with Gasteiger partial charge in [-0.3, -0.25) is 4.79 Å². The van der Waals surface area contributed by atoms with E-state index in [0.717, 1.165) is 27.9 Å². The van der Waals surface area contributed by atoms with E-state index in [1.807, 2.05) is 25.1 Å². The summed E-state index contributed by atoms with van der Waals surface area (Å²) in [5, 5.41) is 3.56. The second-order valence-corrected chi connectivity index (χ2v) is 8.13. The maximum absolute atomic E-state index is 12.4. The Bertz CT molecular complexity index is 1100. The summed E-state index contributed by atoms with van der Waals surface area (Å²) in [6.45, 7) is 3.60. The number of nitrogens with zero attached hydrogens (tertiary/aromatic N) is 1. The van der Waals surface area contributed by atoms with Gasteiger partial charge in [0.25, 0.3) is 0 Å². The van der Waals surface area contributed by atoms with Crippen LogP contribution >= 0.6 is 23.1 Å². The predicted molar refractivity (Wildman–Crippen MR) is 112 cm³/mol. The summed E-state index contributed by atoms with van der Waals surface area (Å²) in [5.74, 6) is -1.48. The van der Waals surface area contributed by atoms with Gasteiger partial charge in [-0.15, -0.1) is 11.3 Å². The Morgan fingerprint density at radius 1 is 1.17 bits per heavy atom. The molecule has 152 valence electrons. The fraction of sp³-hybridized carbons (Fsp3) is 0.263. The predicted octanol–water partition coefficient (Wildman–Crippen LogP) is 3.55. The number of amides is 1. The van der Waals surface area contributed by atoms with Gasteiger partial charge in [-0.2, -0.15) is 0 Å². The van der Waals surface area contributed by atoms with Crippen molar-refractivity contribution in [1.29, 1.82) is 0 Å². The summed E-state index contributed by atoms with van der Waals surface area (Å²) in [6, 6.07) is 5.87. The molecule has 29 heavy (non-hydrogen) atoms. The molecule has 0 unspecified atom stereocenters. The average molecular weight is 434 g/mol. The first-order valence-corrected chi connectivity index (χ1v) is 10.3. The second-order valence-electron chi connectivity index (χ2n) is 6.14. The molecule has 8 nitrogen and oxygen atoms in total. The number of H-pyrrole nitrogens is 1. The number of rotatable bonds is 6. The Labute approximate surface area is 175 Å². The van der Waals surface area contributed by atoms with Crippen LogP contribution in [0.5, 0.6) is 0 Å². The molecule has 2 N–H and O–H groups in total. The van der Waals surface area contributed by atoms with Gasteiger partial charge in [0.2, 0.25) is 5.91 Å². The minimum atomic E-state index is -0.635. The number of imidazole rings is 1. The summed E-state index contributed by atoms with van der Waals surface area (Å²) in [4.78, 5) is 44.3. The fourth-order valence-electron chi connectivity index (χ4n) is 2.70. The molecule has 0 spiro atoms. The van der Waals surface area contributed by atoms with Crippen LogP contribution in [0.15, 0.2) is 23.4 Å². The molecule has 0 atom stereocenters. The van der Waals surface area contributed by atoms with Crippen LogP contribution in [-0.2, 0) is 14.3 Å². The molecule has 0 saturated carbocycles. The molecule has 0 aliphatic rings. The van der Waals surface area contributed by atoms with E-state index in [1.165, 1.54) is 26.0 Å². The number of esters is 2. The highest BCUT2D eigenvalue weighted by atomic mass is 32.2. The molecule has 0 fully saturated rings. The van der Waals surface area contributed by atoms with Crippen molar-refractivity contribution in [2.75, 3.05) is 25.3 Å². The van der Waals surface area contributed by atoms with E-state index >= 15 is 0 Å². The van der Waals surface area contributed by atoms with Gasteiger partial charge in [-0.1, -0.05) is 17.8 Å². The van der Waals surface area contributed by atoms with Crippen LogP contribution in [0.4, 0.5) is 5.00 Å². The number of fused-ring (bicyclic) bond motifs is 1. The van der Waals surface area contributed by atoms with Gasteiger partial charge < -0.3 is 19.8 Å². The van der Waals surface area contributed by atoms with Crippen LogP contribution in [0.1, 0.15) is 31.2 Å². The summed E-state index contributed by atoms with van der Waals surface area (Å²) >= 11 is 2.22. The topological polar surface area (TPSA) is 110 Å². The molecule has 10 heteroatoms. The Morgan fingerprint density at radius 2 is 1.90 bits per heavy atom. The number of aromatic nitrogens is 2. The smallest absolute Gasteiger partial charge is 0.348 e. The molecular weight excluding hydrogens is 414 g/mol. The van der Waals surface area contributed by atoms with Crippen LogP contribution in [-0.4, -0.2) is 47.8 Å². The van der Waals surface area contributed by atoms with Crippen LogP contribution in [0, 0.1) is 13.8 Å². The van der Waals surface area contributed by atoms with E-state index in [1.54, 1.807) is 6.92 Å². The molecule has 3 aromatic rings. The molecule has 0 radical (unpaired) electrons. The number of thioether (sulfide) groups is 1. The van der Waals surface area contributed by atoms with Gasteiger partial charge in [0.1, 0.15) is 9.88 Å². The number of aryl methyl sites for hydroxylation is 1. The molecule has 1 aromatic carbocycles. The van der Waals surface area contributed by atoms with E-state index in [0.29, 0.717) is 10.7 Å². The van der Waals surface area contributed by atoms with Gasteiger partial charge in [0, 0.05) is 0 Å². The molecule has 0 bridgehead atoms. The largest absolute Gasteiger partial charge is 0.465 e. The molecule has 0 aliphatic heterocycles. The highest BCUT2D eigenvalue weighted by molar-refractivity contribution is 7.99. The maximum Gasteiger partial charge on any atom is 0.348 e. The van der Waals surface area contributed by atoms with E-state index in [9.17, 15) is 14.4 Å². The minimum Gasteiger partial charge on any atom is -0.465 e. The van der Waals surface area contributed by atoms with Crippen molar-refractivity contribution in [3.05, 3.63) is 39.8 Å². The summed E-state index contributed by atoms with van der Waals surface area (Å²) in [7, 11) is 2.49. The van der Waals surface area contributed by atoms with E-state index < -0.39 is 11.9 Å². The number of anilines is 1. The first-order chi connectivity index (χ1) is 13.8. The quantitative estimate of drug-likeness (QED) is 0.452.